The summed E-state index contributed by atoms with van der Waals surface area (Å²) in [6.45, 7) is 2.13. The maximum atomic E-state index is 5.92. The molecular weight excluding hydrogens is 390 g/mol. The number of benzene rings is 2. The van der Waals surface area contributed by atoms with Crippen LogP contribution in [0, 0.1) is 6.92 Å². The van der Waals surface area contributed by atoms with Gasteiger partial charge in [-0.05, 0) is 17.7 Å². The fourth-order valence-corrected chi connectivity index (χ4v) is 2.39. The van der Waals surface area contributed by atoms with Gasteiger partial charge in [0, 0.05) is 5.02 Å². The molecule has 0 atom stereocenters. The Morgan fingerprint density at radius 3 is 2.30 bits per heavy atom. The summed E-state index contributed by atoms with van der Waals surface area (Å²) >= 11 is 5.10. The van der Waals surface area contributed by atoms with Gasteiger partial charge >= 0.3 is 37.9 Å². The monoisotopic (exact) mass is 399 g/mol. The van der Waals surface area contributed by atoms with Crippen LogP contribution in [0.5, 0.6) is 0 Å². The van der Waals surface area contributed by atoms with Crippen LogP contribution in [-0.2, 0) is 20.8 Å². The summed E-state index contributed by atoms with van der Waals surface area (Å²) in [5.41, 5.74) is 3.79. The van der Waals surface area contributed by atoms with Gasteiger partial charge in [-0.15, -0.1) is 34.5 Å². The van der Waals surface area contributed by atoms with Crippen molar-refractivity contribution in [3.05, 3.63) is 65.2 Å². The van der Waals surface area contributed by atoms with Gasteiger partial charge in [-0.25, -0.2) is 0 Å². The van der Waals surface area contributed by atoms with Crippen molar-refractivity contribution in [1.29, 1.82) is 0 Å². The van der Waals surface area contributed by atoms with Crippen molar-refractivity contribution in [1.82, 2.24) is 0 Å². The van der Waals surface area contributed by atoms with E-state index in [4.69, 9.17) is 28.6 Å². The normalized spacial score (nSPS) is 10.0. The quantitative estimate of drug-likeness (QED) is 0.405. The van der Waals surface area contributed by atoms with E-state index in [0.29, 0.717) is 0 Å². The van der Waals surface area contributed by atoms with Crippen LogP contribution in [0.2, 0.25) is 5.02 Å². The Kier molecular flexibility index (Phi) is 6.24. The van der Waals surface area contributed by atoms with Gasteiger partial charge in [0.1, 0.15) is 0 Å². The third-order valence-corrected chi connectivity index (χ3v) is 3.30. The Bertz CT molecular complexity index is 687. The minimum absolute atomic E-state index is 0.777. The predicted molar refractivity (Wildman–Crippen MR) is 86.4 cm³/mol. The van der Waals surface area contributed by atoms with Crippen LogP contribution < -0.4 is 0 Å². The second-order valence-corrected chi connectivity index (χ2v) is 8.59. The van der Waals surface area contributed by atoms with E-state index in [-0.39, 0.29) is 0 Å². The first-order valence-corrected chi connectivity index (χ1v) is 12.7. The third-order valence-electron chi connectivity index (χ3n) is 3.05. The van der Waals surface area contributed by atoms with Crippen molar-refractivity contribution in [2.45, 2.75) is 6.92 Å². The topological polar surface area (TPSA) is 0 Å². The average Bonchev–Trinajstić information content (AvgIpc) is 2.80. The van der Waals surface area contributed by atoms with Gasteiger partial charge in [-0.1, -0.05) is 42.3 Å². The SMILES string of the molecule is Cc1cc2c(-c3ccc(Cl)cc3)cccc2[cH-]1.[Cl][Zr][Cl]. The van der Waals surface area contributed by atoms with Crippen molar-refractivity contribution >= 4 is 39.4 Å². The Morgan fingerprint density at radius 2 is 1.65 bits per heavy atom. The van der Waals surface area contributed by atoms with Gasteiger partial charge in [-0.3, -0.25) is 0 Å². The van der Waals surface area contributed by atoms with Crippen LogP contribution in [0.25, 0.3) is 21.9 Å². The summed E-state index contributed by atoms with van der Waals surface area (Å²) in [7, 11) is 9.87. The summed E-state index contributed by atoms with van der Waals surface area (Å²) in [6, 6.07) is 18.9. The van der Waals surface area contributed by atoms with E-state index in [1.807, 2.05) is 12.1 Å². The first kappa shape index (κ1) is 16.2. The average molecular weight is 402 g/mol. The molecular formula is C16H12Cl3Zr-. The molecule has 0 spiro atoms. The molecule has 0 unspecified atom stereocenters. The molecule has 0 aliphatic carbocycles. The van der Waals surface area contributed by atoms with E-state index in [1.54, 1.807) is 0 Å². The van der Waals surface area contributed by atoms with E-state index < -0.39 is 20.8 Å². The molecule has 0 fully saturated rings. The van der Waals surface area contributed by atoms with Gasteiger partial charge in [0.25, 0.3) is 0 Å². The molecule has 0 bridgehead atoms. The maximum absolute atomic E-state index is 5.92. The van der Waals surface area contributed by atoms with Gasteiger partial charge in [0.05, 0.1) is 0 Å². The number of hydrogen-bond acceptors (Lipinski definition) is 0. The third kappa shape index (κ3) is 3.92. The molecule has 3 aromatic carbocycles. The van der Waals surface area contributed by atoms with Crippen LogP contribution in [-0.4, -0.2) is 0 Å². The Balaban J connectivity index is 0.000000452. The van der Waals surface area contributed by atoms with Gasteiger partial charge in [0.15, 0.2) is 0 Å². The van der Waals surface area contributed by atoms with Crippen LogP contribution >= 0.6 is 28.6 Å². The second kappa shape index (κ2) is 7.71. The molecule has 0 saturated heterocycles. The Morgan fingerprint density at radius 1 is 1.00 bits per heavy atom. The molecule has 0 aliphatic heterocycles. The van der Waals surface area contributed by atoms with Crippen molar-refractivity contribution in [3.8, 4) is 11.1 Å². The van der Waals surface area contributed by atoms with Crippen molar-refractivity contribution < 1.29 is 20.8 Å². The fraction of sp³-hybridized carbons (Fsp3) is 0.0625. The molecule has 4 heteroatoms. The van der Waals surface area contributed by atoms with Crippen molar-refractivity contribution in [2.24, 2.45) is 0 Å². The van der Waals surface area contributed by atoms with Gasteiger partial charge < -0.3 is 0 Å². The zero-order chi connectivity index (χ0) is 14.5. The molecule has 0 nitrogen and oxygen atoms in total. The van der Waals surface area contributed by atoms with Gasteiger partial charge in [-0.2, -0.15) is 6.07 Å². The number of rotatable bonds is 1. The summed E-state index contributed by atoms with van der Waals surface area (Å²) in [4.78, 5) is 0. The molecule has 0 N–H and O–H groups in total. The number of fused-ring (bicyclic) bond motifs is 1. The van der Waals surface area contributed by atoms with Crippen molar-refractivity contribution in [2.75, 3.05) is 0 Å². The minimum atomic E-state index is -0.826. The molecule has 20 heavy (non-hydrogen) atoms. The summed E-state index contributed by atoms with van der Waals surface area (Å²) in [6.07, 6.45) is 0. The van der Waals surface area contributed by atoms with Crippen LogP contribution in [0.1, 0.15) is 5.56 Å². The van der Waals surface area contributed by atoms with Crippen LogP contribution in [0.15, 0.2) is 54.6 Å². The summed E-state index contributed by atoms with van der Waals surface area (Å²) in [5, 5.41) is 3.39. The van der Waals surface area contributed by atoms with Crippen LogP contribution in [0.4, 0.5) is 0 Å². The molecule has 0 aromatic heterocycles. The number of hydrogen-bond donors (Lipinski definition) is 0. The number of halogens is 3. The molecule has 0 amide bonds. The number of aryl methyl sites for hydroxylation is 1. The first-order valence-electron chi connectivity index (χ1n) is 6.04. The van der Waals surface area contributed by atoms with E-state index in [2.05, 4.69) is 49.4 Å². The Hall–Kier alpha value is -0.197. The zero-order valence-corrected chi connectivity index (χ0v) is 15.6. The fourth-order valence-electron chi connectivity index (χ4n) is 2.27. The summed E-state index contributed by atoms with van der Waals surface area (Å²) < 4.78 is 0. The molecule has 102 valence electrons. The molecule has 3 rings (SSSR count). The zero-order valence-electron chi connectivity index (χ0n) is 10.8. The standard InChI is InChI=1S/C16H12Cl.2ClH.Zr/c1-11-9-13-3-2-4-15(16(13)10-11)12-5-7-14(17)8-6-12;;;/h2-10H,1H3;2*1H;/q-1;;;+2/p-2. The van der Waals surface area contributed by atoms with Crippen molar-refractivity contribution in [3.63, 3.8) is 0 Å². The Labute approximate surface area is 142 Å². The predicted octanol–water partition coefficient (Wildman–Crippen LogP) is 6.56. The van der Waals surface area contributed by atoms with E-state index in [9.17, 15) is 0 Å². The van der Waals surface area contributed by atoms with Gasteiger partial charge in [0.2, 0.25) is 0 Å². The molecule has 0 aliphatic rings. The molecule has 3 aromatic rings. The summed E-state index contributed by atoms with van der Waals surface area (Å²) in [5.74, 6) is 0. The van der Waals surface area contributed by atoms with Crippen LogP contribution in [0.3, 0.4) is 0 Å². The van der Waals surface area contributed by atoms with E-state index in [0.717, 1.165) is 5.02 Å². The van der Waals surface area contributed by atoms with E-state index in [1.165, 1.54) is 27.5 Å². The molecule has 0 radical (unpaired) electrons. The molecule has 0 heterocycles. The first-order chi connectivity index (χ1) is 9.65. The molecule has 0 saturated carbocycles. The second-order valence-electron chi connectivity index (χ2n) is 4.42. The van der Waals surface area contributed by atoms with E-state index >= 15 is 0 Å².